The summed E-state index contributed by atoms with van der Waals surface area (Å²) < 4.78 is 30.4. The van der Waals surface area contributed by atoms with Crippen molar-refractivity contribution in [1.29, 1.82) is 0 Å². The molecule has 0 amide bonds. The zero-order valence-electron chi connectivity index (χ0n) is 21.2. The fourth-order valence-corrected chi connectivity index (χ4v) is 6.84. The number of para-hydroxylation sites is 4. The minimum atomic E-state index is -2.25. The first-order valence-electron chi connectivity index (χ1n) is 13.3. The summed E-state index contributed by atoms with van der Waals surface area (Å²) in [6.07, 6.45) is 0. The van der Waals surface area contributed by atoms with E-state index in [-0.39, 0.29) is 6.71 Å². The molecule has 0 aliphatic carbocycles. The Kier molecular flexibility index (Phi) is 2.45. The molecule has 34 heavy (non-hydrogen) atoms. The number of nitrogens with zero attached hydrogens (tertiary/aromatic N) is 2. The number of hydrogen-bond acceptors (Lipinski definition) is 0. The Morgan fingerprint density at radius 3 is 2.18 bits per heavy atom. The van der Waals surface area contributed by atoms with Gasteiger partial charge >= 0.3 is 0 Å². The molecule has 0 N–H and O–H groups in total. The Balaban J connectivity index is 1.65. The zero-order chi connectivity index (χ0) is 24.6. The summed E-state index contributed by atoms with van der Waals surface area (Å²) in [5.74, 6) is 0. The predicted octanol–water partition coefficient (Wildman–Crippen LogP) is 5.33. The molecule has 5 aromatic carbocycles. The molecule has 0 unspecified atom stereocenters. The molecule has 2 aliphatic rings. The molecule has 2 aromatic heterocycles. The van der Waals surface area contributed by atoms with Crippen molar-refractivity contribution in [1.82, 2.24) is 9.13 Å². The third kappa shape index (κ3) is 1.74. The summed E-state index contributed by atoms with van der Waals surface area (Å²) in [4.78, 5) is 0. The average molecular weight is 433 g/mol. The SMILES string of the molecule is [2H]C([2H])([2H])c1cc2c3c4c1c1ccccc1n4-c1ccccc1B3c1cccc3c4ccccc4n-2c13. The van der Waals surface area contributed by atoms with E-state index in [1.165, 1.54) is 32.7 Å². The van der Waals surface area contributed by atoms with Crippen LogP contribution in [0.25, 0.3) is 55.0 Å². The highest BCUT2D eigenvalue weighted by Crippen LogP contribution is 2.40. The molecule has 9 rings (SSSR count). The Morgan fingerprint density at radius 2 is 1.29 bits per heavy atom. The van der Waals surface area contributed by atoms with Gasteiger partial charge in [-0.1, -0.05) is 72.8 Å². The molecule has 156 valence electrons. The lowest BCUT2D eigenvalue weighted by molar-refractivity contribution is 1.15. The second kappa shape index (κ2) is 5.63. The first-order chi connectivity index (χ1) is 18.0. The number of benzene rings is 5. The van der Waals surface area contributed by atoms with Gasteiger partial charge in [0, 0.05) is 42.5 Å². The Morgan fingerprint density at radius 1 is 0.618 bits per heavy atom. The van der Waals surface area contributed by atoms with Crippen molar-refractivity contribution in [2.75, 3.05) is 0 Å². The maximum atomic E-state index is 8.60. The van der Waals surface area contributed by atoms with Gasteiger partial charge in [0.15, 0.2) is 0 Å². The molecule has 0 bridgehead atoms. The Labute approximate surface area is 201 Å². The largest absolute Gasteiger partial charge is 0.310 e. The number of aryl methyl sites for hydroxylation is 1. The summed E-state index contributed by atoms with van der Waals surface area (Å²) in [5, 5.41) is 4.23. The van der Waals surface area contributed by atoms with Crippen LogP contribution in [-0.2, 0) is 0 Å². The molecule has 0 saturated carbocycles. The van der Waals surface area contributed by atoms with E-state index < -0.39 is 6.85 Å². The Bertz CT molecular complexity index is 2150. The molecular formula is C31H19BN2. The van der Waals surface area contributed by atoms with Crippen molar-refractivity contribution >= 4 is 66.7 Å². The van der Waals surface area contributed by atoms with E-state index in [2.05, 4.69) is 88.0 Å². The third-order valence-corrected chi connectivity index (χ3v) is 8.01. The number of aromatic nitrogens is 2. The standard InChI is InChI=1S/C31H19BN2/c1-18-17-27-29-31-28(18)21-10-3-6-15-25(21)33(31)26-16-7-4-12-22(26)32(29)23-13-8-11-20-19-9-2-5-14-24(19)34(27)30(20)23/h2-17H,1H3/i1D3. The molecule has 0 atom stereocenters. The van der Waals surface area contributed by atoms with E-state index in [9.17, 15) is 0 Å². The summed E-state index contributed by atoms with van der Waals surface area (Å²) in [7, 11) is 0. The summed E-state index contributed by atoms with van der Waals surface area (Å²) in [6, 6.07) is 33.9. The monoisotopic (exact) mass is 433 g/mol. The van der Waals surface area contributed by atoms with Gasteiger partial charge in [-0.15, -0.1) is 0 Å². The summed E-state index contributed by atoms with van der Waals surface area (Å²) >= 11 is 0. The summed E-state index contributed by atoms with van der Waals surface area (Å²) in [5.41, 5.74) is 10.6. The van der Waals surface area contributed by atoms with Crippen LogP contribution in [0.15, 0.2) is 97.1 Å². The minimum Gasteiger partial charge on any atom is -0.310 e. The zero-order valence-corrected chi connectivity index (χ0v) is 18.2. The van der Waals surface area contributed by atoms with Crippen LogP contribution < -0.4 is 16.4 Å². The van der Waals surface area contributed by atoms with Gasteiger partial charge < -0.3 is 9.13 Å². The van der Waals surface area contributed by atoms with E-state index in [1.807, 2.05) is 18.2 Å². The molecule has 0 fully saturated rings. The topological polar surface area (TPSA) is 9.86 Å². The van der Waals surface area contributed by atoms with Gasteiger partial charge in [0.2, 0.25) is 0 Å². The van der Waals surface area contributed by atoms with Crippen molar-refractivity contribution in [2.45, 2.75) is 6.85 Å². The van der Waals surface area contributed by atoms with Crippen molar-refractivity contribution < 1.29 is 4.11 Å². The van der Waals surface area contributed by atoms with Crippen LogP contribution in [0.4, 0.5) is 0 Å². The fraction of sp³-hybridized carbons (Fsp3) is 0.0323. The quantitative estimate of drug-likeness (QED) is 0.286. The van der Waals surface area contributed by atoms with Gasteiger partial charge in [0.25, 0.3) is 6.71 Å². The van der Waals surface area contributed by atoms with Gasteiger partial charge in [-0.05, 0) is 53.1 Å². The lowest BCUT2D eigenvalue weighted by atomic mass is 9.34. The average Bonchev–Trinajstić information content (AvgIpc) is 3.44. The molecule has 0 radical (unpaired) electrons. The fourth-order valence-electron chi connectivity index (χ4n) is 6.84. The van der Waals surface area contributed by atoms with Crippen molar-refractivity contribution in [2.24, 2.45) is 0 Å². The molecule has 4 heterocycles. The van der Waals surface area contributed by atoms with Crippen LogP contribution in [0.5, 0.6) is 0 Å². The second-order valence-electron chi connectivity index (χ2n) is 9.52. The lowest BCUT2D eigenvalue weighted by Crippen LogP contribution is -2.59. The Hall–Kier alpha value is -4.24. The van der Waals surface area contributed by atoms with Gasteiger partial charge in [0.05, 0.1) is 16.6 Å². The van der Waals surface area contributed by atoms with Crippen molar-refractivity contribution in [3.8, 4) is 11.4 Å². The smallest absolute Gasteiger partial charge is 0.252 e. The highest BCUT2D eigenvalue weighted by molar-refractivity contribution is 7.00. The maximum absolute atomic E-state index is 8.60. The maximum Gasteiger partial charge on any atom is 0.252 e. The van der Waals surface area contributed by atoms with E-state index in [0.29, 0.717) is 5.56 Å². The van der Waals surface area contributed by atoms with Crippen molar-refractivity contribution in [3.05, 3.63) is 103 Å². The summed E-state index contributed by atoms with van der Waals surface area (Å²) in [6.45, 7) is -2.23. The van der Waals surface area contributed by atoms with Gasteiger partial charge in [-0.25, -0.2) is 0 Å². The van der Waals surface area contributed by atoms with Crippen LogP contribution >= 0.6 is 0 Å². The van der Waals surface area contributed by atoms with Crippen LogP contribution in [-0.4, -0.2) is 15.8 Å². The van der Waals surface area contributed by atoms with Gasteiger partial charge in [-0.3, -0.25) is 0 Å². The molecule has 0 saturated heterocycles. The second-order valence-corrected chi connectivity index (χ2v) is 9.52. The first kappa shape index (κ1) is 14.8. The van der Waals surface area contributed by atoms with Crippen molar-refractivity contribution in [3.63, 3.8) is 0 Å². The van der Waals surface area contributed by atoms with Gasteiger partial charge in [-0.2, -0.15) is 0 Å². The van der Waals surface area contributed by atoms with E-state index in [1.54, 1.807) is 0 Å². The molecule has 2 nitrogen and oxygen atoms in total. The van der Waals surface area contributed by atoms with E-state index in [4.69, 9.17) is 4.11 Å². The normalized spacial score (nSPS) is 15.1. The predicted molar refractivity (Wildman–Crippen MR) is 145 cm³/mol. The van der Waals surface area contributed by atoms with E-state index in [0.717, 1.165) is 38.7 Å². The molecule has 3 heteroatoms. The number of rotatable bonds is 0. The van der Waals surface area contributed by atoms with Gasteiger partial charge in [0.1, 0.15) is 0 Å². The highest BCUT2D eigenvalue weighted by Gasteiger charge is 2.40. The van der Waals surface area contributed by atoms with Crippen LogP contribution in [0, 0.1) is 6.85 Å². The highest BCUT2D eigenvalue weighted by atomic mass is 15.0. The number of fused-ring (bicyclic) bond motifs is 11. The lowest BCUT2D eigenvalue weighted by Gasteiger charge is -2.33. The van der Waals surface area contributed by atoms with Crippen LogP contribution in [0.2, 0.25) is 0 Å². The molecule has 2 aliphatic heterocycles. The third-order valence-electron chi connectivity index (χ3n) is 8.01. The molecule has 0 spiro atoms. The molecule has 7 aromatic rings. The first-order valence-corrected chi connectivity index (χ1v) is 11.8. The van der Waals surface area contributed by atoms with Crippen LogP contribution in [0.3, 0.4) is 0 Å². The van der Waals surface area contributed by atoms with Crippen LogP contribution in [0.1, 0.15) is 9.68 Å². The number of hydrogen-bond donors (Lipinski definition) is 0. The minimum absolute atomic E-state index is 0.0247. The molecular weight excluding hydrogens is 411 g/mol. The van der Waals surface area contributed by atoms with E-state index >= 15 is 0 Å².